The van der Waals surface area contributed by atoms with Crippen LogP contribution in [0.15, 0.2) is 25.3 Å². The van der Waals surface area contributed by atoms with Gasteiger partial charge in [-0.15, -0.1) is 25.6 Å². The minimum absolute atomic E-state index is 0. The highest BCUT2D eigenvalue weighted by molar-refractivity contribution is 7.51. The number of rotatable bonds is 4. The summed E-state index contributed by atoms with van der Waals surface area (Å²) in [4.78, 5) is 2.12. The molecule has 12 heavy (non-hydrogen) atoms. The molecule has 0 aliphatic heterocycles. The quantitative estimate of drug-likeness (QED) is 0.653. The van der Waals surface area contributed by atoms with Crippen molar-refractivity contribution in [2.24, 2.45) is 0 Å². The van der Waals surface area contributed by atoms with Gasteiger partial charge in [-0.3, -0.25) is 4.90 Å². The topological polar surface area (TPSA) is 37.4 Å². The summed E-state index contributed by atoms with van der Waals surface area (Å²) in [6.45, 7) is 9.09. The SMILES string of the molecule is C=CCN(C)CC=C.Cl.O=S=O. The molecule has 0 aliphatic carbocycles. The third kappa shape index (κ3) is 22.7. The maximum Gasteiger partial charge on any atom is 0.335 e. The highest BCUT2D eigenvalue weighted by Gasteiger charge is 1.86. The Morgan fingerprint density at radius 2 is 1.50 bits per heavy atom. The molecule has 0 rings (SSSR count). The molecule has 0 unspecified atom stereocenters. The molecule has 0 aromatic carbocycles. The van der Waals surface area contributed by atoms with Crippen molar-refractivity contribution >= 4 is 24.0 Å². The Bertz CT molecular complexity index is 136. The zero-order valence-corrected chi connectivity index (χ0v) is 8.70. The Morgan fingerprint density at radius 3 is 1.67 bits per heavy atom. The molecule has 0 spiro atoms. The van der Waals surface area contributed by atoms with E-state index in [9.17, 15) is 0 Å². The Hall–Kier alpha value is -0.450. The minimum atomic E-state index is -0.750. The molecule has 0 radical (unpaired) electrons. The molecule has 0 aromatic heterocycles. The maximum atomic E-state index is 8.29. The van der Waals surface area contributed by atoms with E-state index in [1.807, 2.05) is 19.2 Å². The summed E-state index contributed by atoms with van der Waals surface area (Å²) in [6.07, 6.45) is 3.76. The van der Waals surface area contributed by atoms with Gasteiger partial charge in [0.2, 0.25) is 0 Å². The molecule has 0 amide bonds. The van der Waals surface area contributed by atoms with Crippen molar-refractivity contribution < 1.29 is 8.42 Å². The lowest BCUT2D eigenvalue weighted by atomic mass is 10.5. The monoisotopic (exact) mass is 211 g/mol. The van der Waals surface area contributed by atoms with Crippen LogP contribution in [0.1, 0.15) is 0 Å². The first kappa shape index (κ1) is 17.6. The number of hydrogen-bond donors (Lipinski definition) is 0. The predicted octanol–water partition coefficient (Wildman–Crippen LogP) is 1.04. The molecule has 0 aliphatic rings. The first-order valence-corrected chi connectivity index (χ1v) is 3.71. The second-order valence-electron chi connectivity index (χ2n) is 1.87. The van der Waals surface area contributed by atoms with E-state index in [1.54, 1.807) is 0 Å². The molecular formula is C7H14ClNO2S. The van der Waals surface area contributed by atoms with Gasteiger partial charge in [0, 0.05) is 13.1 Å². The van der Waals surface area contributed by atoms with E-state index in [0.717, 1.165) is 13.1 Å². The van der Waals surface area contributed by atoms with Gasteiger partial charge in [0.25, 0.3) is 0 Å². The Kier molecular flexibility index (Phi) is 24.7. The molecular weight excluding hydrogens is 198 g/mol. The summed E-state index contributed by atoms with van der Waals surface area (Å²) in [6, 6.07) is 0. The third-order valence-electron chi connectivity index (χ3n) is 0.882. The molecule has 5 heteroatoms. The standard InChI is InChI=1S/C7H13N.ClH.O2S/c1-4-6-8(3)7-5-2;;1-3-2/h4-5H,1-2,6-7H2,3H3;1H;. The van der Waals surface area contributed by atoms with Crippen LogP contribution < -0.4 is 0 Å². The van der Waals surface area contributed by atoms with Crippen LogP contribution in [-0.2, 0) is 11.6 Å². The summed E-state index contributed by atoms with van der Waals surface area (Å²) in [7, 11) is 2.03. The molecule has 0 saturated heterocycles. The second-order valence-corrected chi connectivity index (χ2v) is 2.00. The van der Waals surface area contributed by atoms with Crippen molar-refractivity contribution in [3.05, 3.63) is 25.3 Å². The van der Waals surface area contributed by atoms with Gasteiger partial charge in [-0.25, -0.2) is 0 Å². The van der Waals surface area contributed by atoms with E-state index >= 15 is 0 Å². The second kappa shape index (κ2) is 16.9. The highest BCUT2D eigenvalue weighted by Crippen LogP contribution is 1.80. The minimum Gasteiger partial charge on any atom is -0.299 e. The lowest BCUT2D eigenvalue weighted by Crippen LogP contribution is -2.17. The van der Waals surface area contributed by atoms with Crippen molar-refractivity contribution in [3.63, 3.8) is 0 Å². The number of halogens is 1. The van der Waals surface area contributed by atoms with Crippen LogP contribution in [0.5, 0.6) is 0 Å². The van der Waals surface area contributed by atoms with Crippen LogP contribution in [0.3, 0.4) is 0 Å². The van der Waals surface area contributed by atoms with Crippen molar-refractivity contribution in [1.29, 1.82) is 0 Å². The molecule has 0 heterocycles. The van der Waals surface area contributed by atoms with Crippen molar-refractivity contribution in [2.45, 2.75) is 0 Å². The van der Waals surface area contributed by atoms with Crippen LogP contribution in [0, 0.1) is 0 Å². The number of hydrogen-bond acceptors (Lipinski definition) is 3. The van der Waals surface area contributed by atoms with E-state index in [4.69, 9.17) is 8.42 Å². The van der Waals surface area contributed by atoms with Gasteiger partial charge in [0.1, 0.15) is 0 Å². The van der Waals surface area contributed by atoms with E-state index in [-0.39, 0.29) is 12.4 Å². The fourth-order valence-electron chi connectivity index (χ4n) is 0.515. The molecule has 0 saturated carbocycles. The average Bonchev–Trinajstić information content (AvgIpc) is 1.90. The fourth-order valence-corrected chi connectivity index (χ4v) is 0.515. The first-order chi connectivity index (χ1) is 5.22. The third-order valence-corrected chi connectivity index (χ3v) is 0.882. The first-order valence-electron chi connectivity index (χ1n) is 3.05. The Labute approximate surface area is 83.2 Å². The van der Waals surface area contributed by atoms with Gasteiger partial charge in [-0.1, -0.05) is 12.2 Å². The Morgan fingerprint density at radius 1 is 1.25 bits per heavy atom. The summed E-state index contributed by atoms with van der Waals surface area (Å²) >= 11 is -0.750. The lowest BCUT2D eigenvalue weighted by molar-refractivity contribution is 0.413. The summed E-state index contributed by atoms with van der Waals surface area (Å²) in [5.41, 5.74) is 0. The zero-order valence-electron chi connectivity index (χ0n) is 7.06. The van der Waals surface area contributed by atoms with Crippen LogP contribution in [0.25, 0.3) is 0 Å². The molecule has 0 aromatic rings. The van der Waals surface area contributed by atoms with Gasteiger partial charge in [0.05, 0.1) is 0 Å². The van der Waals surface area contributed by atoms with Gasteiger partial charge < -0.3 is 0 Å². The molecule has 72 valence electrons. The van der Waals surface area contributed by atoms with Gasteiger partial charge >= 0.3 is 11.6 Å². The molecule has 0 N–H and O–H groups in total. The highest BCUT2D eigenvalue weighted by atomic mass is 35.5. The van der Waals surface area contributed by atoms with Crippen LogP contribution >= 0.6 is 12.4 Å². The van der Waals surface area contributed by atoms with E-state index < -0.39 is 11.6 Å². The van der Waals surface area contributed by atoms with Crippen molar-refractivity contribution in [3.8, 4) is 0 Å². The average molecular weight is 212 g/mol. The van der Waals surface area contributed by atoms with Crippen LogP contribution in [0.4, 0.5) is 0 Å². The summed E-state index contributed by atoms with van der Waals surface area (Å²) in [5.74, 6) is 0. The zero-order chi connectivity index (χ0) is 9.11. The maximum absolute atomic E-state index is 8.29. The molecule has 0 bridgehead atoms. The largest absolute Gasteiger partial charge is 0.335 e. The molecule has 0 fully saturated rings. The van der Waals surface area contributed by atoms with E-state index in [1.165, 1.54) is 0 Å². The lowest BCUT2D eigenvalue weighted by Gasteiger charge is -2.09. The number of nitrogens with zero attached hydrogens (tertiary/aromatic N) is 1. The van der Waals surface area contributed by atoms with Crippen LogP contribution in [0.2, 0.25) is 0 Å². The Balaban J connectivity index is -0.000000177. The molecule has 3 nitrogen and oxygen atoms in total. The van der Waals surface area contributed by atoms with Gasteiger partial charge in [-0.2, -0.15) is 8.42 Å². The summed E-state index contributed by atoms with van der Waals surface area (Å²) in [5, 5.41) is 0. The predicted molar refractivity (Wildman–Crippen MR) is 54.1 cm³/mol. The van der Waals surface area contributed by atoms with E-state index in [2.05, 4.69) is 18.1 Å². The molecule has 0 atom stereocenters. The summed E-state index contributed by atoms with van der Waals surface area (Å²) < 4.78 is 16.6. The van der Waals surface area contributed by atoms with Gasteiger partial charge in [0.15, 0.2) is 0 Å². The normalized spacial score (nSPS) is 7.17. The fraction of sp³-hybridized carbons (Fsp3) is 0.429. The van der Waals surface area contributed by atoms with E-state index in [0.29, 0.717) is 0 Å². The van der Waals surface area contributed by atoms with Crippen molar-refractivity contribution in [1.82, 2.24) is 4.90 Å². The van der Waals surface area contributed by atoms with Crippen molar-refractivity contribution in [2.75, 3.05) is 20.1 Å². The number of likely N-dealkylation sites (N-methyl/N-ethyl adjacent to an activating group) is 1. The van der Waals surface area contributed by atoms with Crippen LogP contribution in [-0.4, -0.2) is 33.5 Å². The smallest absolute Gasteiger partial charge is 0.299 e. The van der Waals surface area contributed by atoms with Gasteiger partial charge in [-0.05, 0) is 7.05 Å².